The van der Waals surface area contributed by atoms with Crippen molar-refractivity contribution in [1.82, 2.24) is 15.6 Å². The molecule has 1 aliphatic heterocycles. The van der Waals surface area contributed by atoms with Crippen LogP contribution in [0.25, 0.3) is 0 Å². The Kier molecular flexibility index (Phi) is 10.2. The molecular formula is C22H30ClIN4O. The zero-order chi connectivity index (χ0) is 19.7. The van der Waals surface area contributed by atoms with Crippen LogP contribution in [0.1, 0.15) is 30.9 Å². The molecule has 1 aliphatic rings. The molecule has 1 aromatic heterocycles. The highest BCUT2D eigenvalue weighted by Gasteiger charge is 2.34. The first kappa shape index (κ1) is 23.9. The van der Waals surface area contributed by atoms with Crippen molar-refractivity contribution in [3.8, 4) is 0 Å². The van der Waals surface area contributed by atoms with Gasteiger partial charge in [0.2, 0.25) is 0 Å². The van der Waals surface area contributed by atoms with Gasteiger partial charge in [0, 0.05) is 37.9 Å². The van der Waals surface area contributed by atoms with E-state index in [9.17, 15) is 0 Å². The fourth-order valence-electron chi connectivity index (χ4n) is 3.54. The highest BCUT2D eigenvalue weighted by Crippen LogP contribution is 2.35. The summed E-state index contributed by atoms with van der Waals surface area (Å²) in [5.41, 5.74) is 2.55. The van der Waals surface area contributed by atoms with E-state index < -0.39 is 0 Å². The van der Waals surface area contributed by atoms with E-state index in [2.05, 4.69) is 52.9 Å². The molecule has 2 heterocycles. The van der Waals surface area contributed by atoms with Gasteiger partial charge in [-0.2, -0.15) is 0 Å². The number of nitrogens with zero attached hydrogens (tertiary/aromatic N) is 2. The van der Waals surface area contributed by atoms with Crippen LogP contribution in [0.15, 0.2) is 53.7 Å². The van der Waals surface area contributed by atoms with Crippen LogP contribution >= 0.6 is 35.6 Å². The van der Waals surface area contributed by atoms with Gasteiger partial charge in [0.05, 0.1) is 6.54 Å². The van der Waals surface area contributed by atoms with Crippen molar-refractivity contribution < 1.29 is 4.74 Å². The predicted molar refractivity (Wildman–Crippen MR) is 131 cm³/mol. The lowest BCUT2D eigenvalue weighted by atomic mass is 9.74. The third-order valence-corrected chi connectivity index (χ3v) is 5.44. The maximum atomic E-state index is 5.85. The van der Waals surface area contributed by atoms with Crippen molar-refractivity contribution in [3.63, 3.8) is 0 Å². The Morgan fingerprint density at radius 1 is 1.14 bits per heavy atom. The van der Waals surface area contributed by atoms with Crippen molar-refractivity contribution in [1.29, 1.82) is 0 Å². The van der Waals surface area contributed by atoms with Crippen LogP contribution in [-0.2, 0) is 16.6 Å². The first-order chi connectivity index (χ1) is 13.7. The summed E-state index contributed by atoms with van der Waals surface area (Å²) >= 11 is 5.85. The van der Waals surface area contributed by atoms with Crippen LogP contribution in [0.2, 0.25) is 5.15 Å². The average Bonchev–Trinajstić information content (AvgIpc) is 2.75. The number of benzene rings is 1. The minimum absolute atomic E-state index is 0. The fourth-order valence-corrected chi connectivity index (χ4v) is 3.66. The zero-order valence-electron chi connectivity index (χ0n) is 16.9. The summed E-state index contributed by atoms with van der Waals surface area (Å²) in [6.07, 6.45) is 4.68. The fraction of sp³-hybridized carbons (Fsp3) is 0.455. The van der Waals surface area contributed by atoms with Crippen molar-refractivity contribution in [3.05, 3.63) is 64.9 Å². The Balaban J connectivity index is 0.00000300. The first-order valence-corrected chi connectivity index (χ1v) is 10.4. The Bertz CT molecular complexity index is 749. The average molecular weight is 529 g/mol. The number of rotatable bonds is 7. The molecule has 2 aromatic rings. The number of halogens is 2. The summed E-state index contributed by atoms with van der Waals surface area (Å²) < 4.78 is 5.63. The van der Waals surface area contributed by atoms with Gasteiger partial charge in [0.1, 0.15) is 5.15 Å². The summed E-state index contributed by atoms with van der Waals surface area (Å²) in [5.74, 6) is 0.853. The number of nitrogens with one attached hydrogen (secondary N) is 2. The van der Waals surface area contributed by atoms with E-state index in [1.807, 2.05) is 18.3 Å². The monoisotopic (exact) mass is 528 g/mol. The van der Waals surface area contributed by atoms with E-state index in [-0.39, 0.29) is 29.4 Å². The molecule has 3 rings (SSSR count). The second kappa shape index (κ2) is 12.3. The van der Waals surface area contributed by atoms with Crippen molar-refractivity contribution in [2.24, 2.45) is 4.99 Å². The number of hydrogen-bond acceptors (Lipinski definition) is 3. The van der Waals surface area contributed by atoms with Crippen LogP contribution in [-0.4, -0.2) is 43.8 Å². The quantitative estimate of drug-likeness (QED) is 0.245. The number of aromatic nitrogens is 1. The summed E-state index contributed by atoms with van der Waals surface area (Å²) in [4.78, 5) is 9.07. The number of ether oxygens (including phenoxy) is 1. The molecule has 0 bridgehead atoms. The van der Waals surface area contributed by atoms with Crippen LogP contribution in [0.3, 0.4) is 0 Å². The van der Waals surface area contributed by atoms with Gasteiger partial charge >= 0.3 is 0 Å². The maximum absolute atomic E-state index is 5.85. The van der Waals surface area contributed by atoms with E-state index in [1.54, 1.807) is 0 Å². The van der Waals surface area contributed by atoms with Gasteiger partial charge in [-0.15, -0.1) is 24.0 Å². The van der Waals surface area contributed by atoms with Crippen molar-refractivity contribution in [2.45, 2.75) is 31.6 Å². The molecule has 1 fully saturated rings. The summed E-state index contributed by atoms with van der Waals surface area (Å²) in [6, 6.07) is 14.6. The minimum atomic E-state index is 0. The third kappa shape index (κ3) is 7.12. The summed E-state index contributed by atoms with van der Waals surface area (Å²) in [5, 5.41) is 7.32. The van der Waals surface area contributed by atoms with Gasteiger partial charge in [-0.1, -0.05) is 48.0 Å². The molecule has 1 aromatic carbocycles. The van der Waals surface area contributed by atoms with Crippen molar-refractivity contribution >= 4 is 41.5 Å². The van der Waals surface area contributed by atoms with E-state index >= 15 is 0 Å². The second-order valence-electron chi connectivity index (χ2n) is 7.12. The van der Waals surface area contributed by atoms with Crippen LogP contribution in [0.5, 0.6) is 0 Å². The molecule has 0 spiro atoms. The van der Waals surface area contributed by atoms with E-state index in [1.165, 1.54) is 5.56 Å². The Morgan fingerprint density at radius 2 is 1.90 bits per heavy atom. The van der Waals surface area contributed by atoms with Gasteiger partial charge < -0.3 is 15.4 Å². The Morgan fingerprint density at radius 3 is 2.55 bits per heavy atom. The van der Waals surface area contributed by atoms with Gasteiger partial charge in [-0.3, -0.25) is 4.99 Å². The number of guanidine groups is 1. The number of aliphatic imine (C=N–C) groups is 1. The van der Waals surface area contributed by atoms with E-state index in [0.717, 1.165) is 63.6 Å². The zero-order valence-corrected chi connectivity index (χ0v) is 20.0. The molecule has 0 aliphatic carbocycles. The standard InChI is InChI=1S/C22H29ClN4O.HI/c1-2-24-21(25-13-10-18-8-9-20(23)26-16-18)27-17-22(11-14-28-15-12-22)19-6-4-3-5-7-19;/h3-9,16H,2,10-15,17H2,1H3,(H2,24,25,27);1H. The minimum Gasteiger partial charge on any atom is -0.381 e. The maximum Gasteiger partial charge on any atom is 0.191 e. The van der Waals surface area contributed by atoms with Gasteiger partial charge in [0.25, 0.3) is 0 Å². The van der Waals surface area contributed by atoms with E-state index in [0.29, 0.717) is 5.15 Å². The molecule has 29 heavy (non-hydrogen) atoms. The Labute approximate surface area is 195 Å². The lowest BCUT2D eigenvalue weighted by molar-refractivity contribution is 0.0531. The van der Waals surface area contributed by atoms with Gasteiger partial charge in [-0.05, 0) is 43.4 Å². The largest absolute Gasteiger partial charge is 0.381 e. The normalized spacial score (nSPS) is 16.0. The highest BCUT2D eigenvalue weighted by atomic mass is 127. The topological polar surface area (TPSA) is 58.5 Å². The summed E-state index contributed by atoms with van der Waals surface area (Å²) in [6.45, 7) is 6.03. The van der Waals surface area contributed by atoms with Crippen molar-refractivity contribution in [2.75, 3.05) is 32.8 Å². The Hall–Kier alpha value is -1.38. The van der Waals surface area contributed by atoms with Crippen LogP contribution < -0.4 is 10.6 Å². The number of pyridine rings is 1. The molecule has 158 valence electrons. The molecule has 0 saturated carbocycles. The molecule has 0 amide bonds. The highest BCUT2D eigenvalue weighted by molar-refractivity contribution is 14.0. The predicted octanol–water partition coefficient (Wildman–Crippen LogP) is 4.20. The van der Waals surface area contributed by atoms with E-state index in [4.69, 9.17) is 21.3 Å². The third-order valence-electron chi connectivity index (χ3n) is 5.21. The molecule has 2 N–H and O–H groups in total. The molecule has 5 nitrogen and oxygen atoms in total. The SMILES string of the molecule is CCNC(=NCC1(c2ccccc2)CCOCC1)NCCc1ccc(Cl)nc1.I. The molecule has 0 atom stereocenters. The lowest BCUT2D eigenvalue weighted by Crippen LogP contribution is -2.41. The first-order valence-electron chi connectivity index (χ1n) is 9.98. The smallest absolute Gasteiger partial charge is 0.191 e. The molecular weight excluding hydrogens is 499 g/mol. The molecule has 0 unspecified atom stereocenters. The van der Waals surface area contributed by atoms with Gasteiger partial charge in [0.15, 0.2) is 5.96 Å². The second-order valence-corrected chi connectivity index (χ2v) is 7.51. The molecule has 0 radical (unpaired) electrons. The van der Waals surface area contributed by atoms with Crippen LogP contribution in [0, 0.1) is 0 Å². The summed E-state index contributed by atoms with van der Waals surface area (Å²) in [7, 11) is 0. The van der Waals surface area contributed by atoms with Crippen LogP contribution in [0.4, 0.5) is 0 Å². The molecule has 7 heteroatoms. The van der Waals surface area contributed by atoms with Gasteiger partial charge in [-0.25, -0.2) is 4.98 Å². The number of hydrogen-bond donors (Lipinski definition) is 2. The molecule has 1 saturated heterocycles. The lowest BCUT2D eigenvalue weighted by Gasteiger charge is -2.36.